The van der Waals surface area contributed by atoms with Crippen molar-refractivity contribution in [1.29, 1.82) is 0 Å². The van der Waals surface area contributed by atoms with Crippen molar-refractivity contribution in [2.75, 3.05) is 6.54 Å². The minimum atomic E-state index is 0.620. The maximum atomic E-state index is 2.41. The predicted molar refractivity (Wildman–Crippen MR) is 60.7 cm³/mol. The molecule has 1 nitrogen and oxygen atoms in total. The van der Waals surface area contributed by atoms with E-state index in [1.54, 1.807) is 0 Å². The van der Waals surface area contributed by atoms with Crippen LogP contribution in [0, 0.1) is 0 Å². The summed E-state index contributed by atoms with van der Waals surface area (Å²) in [6.45, 7) is 13.9. The number of allylic oxidation sites excluding steroid dienone is 3. The van der Waals surface area contributed by atoms with Gasteiger partial charge in [-0.25, -0.2) is 0 Å². The van der Waals surface area contributed by atoms with Crippen LogP contribution in [0.2, 0.25) is 0 Å². The van der Waals surface area contributed by atoms with Gasteiger partial charge in [-0.1, -0.05) is 26.0 Å². The SMILES string of the molecule is CC.CC1=C(C)N(C(C)C)CC=C1. The van der Waals surface area contributed by atoms with Crippen molar-refractivity contribution in [2.45, 2.75) is 47.6 Å². The molecule has 0 fully saturated rings. The van der Waals surface area contributed by atoms with Gasteiger partial charge in [0.05, 0.1) is 0 Å². The van der Waals surface area contributed by atoms with E-state index < -0.39 is 0 Å². The molecule has 13 heavy (non-hydrogen) atoms. The summed E-state index contributed by atoms with van der Waals surface area (Å²) in [5.41, 5.74) is 2.81. The van der Waals surface area contributed by atoms with Crippen LogP contribution in [0.15, 0.2) is 23.4 Å². The van der Waals surface area contributed by atoms with Gasteiger partial charge in [-0.05, 0) is 33.3 Å². The second-order valence-electron chi connectivity index (χ2n) is 3.42. The monoisotopic (exact) mass is 181 g/mol. The third-order valence-electron chi connectivity index (χ3n) is 2.29. The molecule has 0 saturated heterocycles. The minimum absolute atomic E-state index is 0.620. The molecule has 0 N–H and O–H groups in total. The second-order valence-corrected chi connectivity index (χ2v) is 3.42. The van der Waals surface area contributed by atoms with Crippen LogP contribution in [0.5, 0.6) is 0 Å². The quantitative estimate of drug-likeness (QED) is 0.597. The summed E-state index contributed by atoms with van der Waals surface area (Å²) in [6, 6.07) is 0.620. The van der Waals surface area contributed by atoms with Crippen molar-refractivity contribution in [1.82, 2.24) is 4.90 Å². The Kier molecular flexibility index (Phi) is 5.52. The summed E-state index contributed by atoms with van der Waals surface area (Å²) < 4.78 is 0. The molecule has 0 radical (unpaired) electrons. The smallest absolute Gasteiger partial charge is 0.0362 e. The standard InChI is InChI=1S/C10H17N.C2H6/c1-8(2)11-7-5-6-9(3)10(11)4;1-2/h5-6,8H,7H2,1-4H3;1-2H3. The van der Waals surface area contributed by atoms with Crippen molar-refractivity contribution < 1.29 is 0 Å². The molecule has 1 aliphatic heterocycles. The number of rotatable bonds is 1. The fourth-order valence-corrected chi connectivity index (χ4v) is 1.43. The van der Waals surface area contributed by atoms with Gasteiger partial charge >= 0.3 is 0 Å². The van der Waals surface area contributed by atoms with Crippen LogP contribution in [0.3, 0.4) is 0 Å². The molecular formula is C12H23N. The zero-order valence-corrected chi connectivity index (χ0v) is 9.89. The van der Waals surface area contributed by atoms with E-state index in [9.17, 15) is 0 Å². The molecule has 0 aromatic heterocycles. The Hall–Kier alpha value is -0.720. The van der Waals surface area contributed by atoms with E-state index in [-0.39, 0.29) is 0 Å². The fourth-order valence-electron chi connectivity index (χ4n) is 1.43. The zero-order chi connectivity index (χ0) is 10.4. The lowest BCUT2D eigenvalue weighted by Crippen LogP contribution is -2.31. The molecule has 1 heteroatoms. The van der Waals surface area contributed by atoms with E-state index in [1.807, 2.05) is 13.8 Å². The highest BCUT2D eigenvalue weighted by Gasteiger charge is 2.11. The molecule has 0 saturated carbocycles. The average molecular weight is 181 g/mol. The minimum Gasteiger partial charge on any atom is -0.369 e. The van der Waals surface area contributed by atoms with E-state index in [4.69, 9.17) is 0 Å². The van der Waals surface area contributed by atoms with E-state index in [1.165, 1.54) is 11.3 Å². The van der Waals surface area contributed by atoms with Crippen molar-refractivity contribution in [3.8, 4) is 0 Å². The Balaban J connectivity index is 0.000000671. The molecule has 76 valence electrons. The van der Waals surface area contributed by atoms with E-state index in [0.29, 0.717) is 6.04 Å². The summed E-state index contributed by atoms with van der Waals surface area (Å²) in [5.74, 6) is 0. The molecule has 0 bridgehead atoms. The first-order valence-electron chi connectivity index (χ1n) is 5.23. The molecule has 0 aromatic rings. The third-order valence-corrected chi connectivity index (χ3v) is 2.29. The van der Waals surface area contributed by atoms with Gasteiger partial charge in [-0.2, -0.15) is 0 Å². The molecule has 1 aliphatic rings. The molecular weight excluding hydrogens is 158 g/mol. The molecule has 0 spiro atoms. The Morgan fingerprint density at radius 3 is 2.15 bits per heavy atom. The number of nitrogens with zero attached hydrogens (tertiary/aromatic N) is 1. The summed E-state index contributed by atoms with van der Waals surface area (Å²) in [6.07, 6.45) is 4.43. The molecule has 1 heterocycles. The van der Waals surface area contributed by atoms with E-state index in [2.05, 4.69) is 44.7 Å². The van der Waals surface area contributed by atoms with Crippen LogP contribution in [-0.2, 0) is 0 Å². The highest BCUT2D eigenvalue weighted by atomic mass is 15.2. The normalized spacial score (nSPS) is 16.1. The summed E-state index contributed by atoms with van der Waals surface area (Å²) >= 11 is 0. The largest absolute Gasteiger partial charge is 0.369 e. The lowest BCUT2D eigenvalue weighted by molar-refractivity contribution is 0.307. The second kappa shape index (κ2) is 5.85. The molecule has 0 aromatic carbocycles. The van der Waals surface area contributed by atoms with Crippen LogP contribution in [0.4, 0.5) is 0 Å². The Morgan fingerprint density at radius 2 is 1.77 bits per heavy atom. The number of hydrogen-bond acceptors (Lipinski definition) is 1. The van der Waals surface area contributed by atoms with Crippen LogP contribution in [0.25, 0.3) is 0 Å². The lowest BCUT2D eigenvalue weighted by Gasteiger charge is -2.31. The first-order valence-corrected chi connectivity index (χ1v) is 5.23. The predicted octanol–water partition coefficient (Wildman–Crippen LogP) is 3.59. The van der Waals surface area contributed by atoms with Gasteiger partial charge in [-0.3, -0.25) is 0 Å². The summed E-state index contributed by atoms with van der Waals surface area (Å²) in [4.78, 5) is 2.41. The maximum absolute atomic E-state index is 2.41. The van der Waals surface area contributed by atoms with Gasteiger partial charge in [0.2, 0.25) is 0 Å². The van der Waals surface area contributed by atoms with E-state index in [0.717, 1.165) is 6.54 Å². The first-order chi connectivity index (χ1) is 6.13. The Bertz CT molecular complexity index is 199. The Morgan fingerprint density at radius 1 is 1.23 bits per heavy atom. The molecule has 0 amide bonds. The van der Waals surface area contributed by atoms with Crippen molar-refractivity contribution in [3.05, 3.63) is 23.4 Å². The third kappa shape index (κ3) is 3.25. The highest BCUT2D eigenvalue weighted by Crippen LogP contribution is 2.17. The van der Waals surface area contributed by atoms with Gasteiger partial charge in [0.15, 0.2) is 0 Å². The van der Waals surface area contributed by atoms with Gasteiger partial charge in [-0.15, -0.1) is 0 Å². The van der Waals surface area contributed by atoms with Crippen molar-refractivity contribution >= 4 is 0 Å². The van der Waals surface area contributed by atoms with Crippen molar-refractivity contribution in [2.24, 2.45) is 0 Å². The maximum Gasteiger partial charge on any atom is 0.0362 e. The molecule has 0 aliphatic carbocycles. The topological polar surface area (TPSA) is 3.24 Å². The van der Waals surface area contributed by atoms with Crippen LogP contribution in [-0.4, -0.2) is 17.5 Å². The van der Waals surface area contributed by atoms with Gasteiger partial charge in [0.25, 0.3) is 0 Å². The fraction of sp³-hybridized carbons (Fsp3) is 0.667. The zero-order valence-electron chi connectivity index (χ0n) is 9.89. The van der Waals surface area contributed by atoms with Crippen LogP contribution < -0.4 is 0 Å². The summed E-state index contributed by atoms with van der Waals surface area (Å²) in [7, 11) is 0. The van der Waals surface area contributed by atoms with Gasteiger partial charge in [0.1, 0.15) is 0 Å². The Labute approximate surface area is 83.1 Å². The summed E-state index contributed by atoms with van der Waals surface area (Å²) in [5, 5.41) is 0. The van der Waals surface area contributed by atoms with E-state index >= 15 is 0 Å². The van der Waals surface area contributed by atoms with Crippen LogP contribution >= 0.6 is 0 Å². The van der Waals surface area contributed by atoms with Crippen LogP contribution in [0.1, 0.15) is 41.5 Å². The lowest BCUT2D eigenvalue weighted by atomic mass is 10.1. The first kappa shape index (κ1) is 12.3. The molecule has 1 rings (SSSR count). The molecule has 0 unspecified atom stereocenters. The number of hydrogen-bond donors (Lipinski definition) is 0. The molecule has 0 atom stereocenters. The highest BCUT2D eigenvalue weighted by molar-refractivity contribution is 5.26. The average Bonchev–Trinajstić information content (AvgIpc) is 2.13. The van der Waals surface area contributed by atoms with Gasteiger partial charge in [0, 0.05) is 18.3 Å². The van der Waals surface area contributed by atoms with Crippen molar-refractivity contribution in [3.63, 3.8) is 0 Å². The van der Waals surface area contributed by atoms with Gasteiger partial charge < -0.3 is 4.90 Å².